The summed E-state index contributed by atoms with van der Waals surface area (Å²) in [6, 6.07) is 6.89. The minimum absolute atomic E-state index is 0.364. The third kappa shape index (κ3) is 4.33. The van der Waals surface area contributed by atoms with Crippen LogP contribution in [0.15, 0.2) is 24.3 Å². The highest BCUT2D eigenvalue weighted by Gasteiger charge is 2.29. The maximum Gasteiger partial charge on any atom is 0.248 e. The summed E-state index contributed by atoms with van der Waals surface area (Å²) in [6.07, 6.45) is 1.23. The molecule has 0 saturated carbocycles. The van der Waals surface area contributed by atoms with Gasteiger partial charge in [0.05, 0.1) is 4.75 Å². The smallest absolute Gasteiger partial charge is 0.248 e. The molecular formula is C13H20N2O3S. The number of carbonyl (C=O) groups is 1. The minimum atomic E-state index is -3.10. The molecular weight excluding hydrogens is 264 g/mol. The van der Waals surface area contributed by atoms with E-state index in [2.05, 4.69) is 5.32 Å². The van der Waals surface area contributed by atoms with Gasteiger partial charge in [-0.3, -0.25) is 4.79 Å². The molecule has 0 bridgehead atoms. The number of rotatable bonds is 6. The average molecular weight is 284 g/mol. The van der Waals surface area contributed by atoms with E-state index in [4.69, 9.17) is 5.73 Å². The number of hydrogen-bond acceptors (Lipinski definition) is 4. The molecule has 5 nitrogen and oxygen atoms in total. The molecule has 1 aromatic rings. The number of sulfone groups is 1. The highest BCUT2D eigenvalue weighted by atomic mass is 32.2. The van der Waals surface area contributed by atoms with Crippen molar-refractivity contribution in [2.45, 2.75) is 25.1 Å². The molecule has 0 spiro atoms. The molecule has 0 unspecified atom stereocenters. The average Bonchev–Trinajstić information content (AvgIpc) is 2.28. The van der Waals surface area contributed by atoms with Crippen molar-refractivity contribution in [2.24, 2.45) is 5.73 Å². The predicted molar refractivity (Wildman–Crippen MR) is 75.6 cm³/mol. The van der Waals surface area contributed by atoms with Crippen LogP contribution in [0.4, 0.5) is 0 Å². The van der Waals surface area contributed by atoms with E-state index in [-0.39, 0.29) is 0 Å². The molecule has 6 heteroatoms. The van der Waals surface area contributed by atoms with Gasteiger partial charge in [0.2, 0.25) is 5.91 Å². The molecule has 0 fully saturated rings. The topological polar surface area (TPSA) is 89.3 Å². The summed E-state index contributed by atoms with van der Waals surface area (Å²) < 4.78 is 22.2. The second kappa shape index (κ2) is 5.71. The molecule has 1 amide bonds. The Morgan fingerprint density at radius 1 is 1.26 bits per heavy atom. The third-order valence-electron chi connectivity index (χ3n) is 3.12. The van der Waals surface area contributed by atoms with Crippen molar-refractivity contribution in [3.05, 3.63) is 35.4 Å². The van der Waals surface area contributed by atoms with Crippen molar-refractivity contribution in [1.82, 2.24) is 5.32 Å². The second-order valence-corrected chi connectivity index (χ2v) is 7.85. The molecule has 0 saturated heterocycles. The van der Waals surface area contributed by atoms with Gasteiger partial charge in [0.15, 0.2) is 9.84 Å². The normalized spacial score (nSPS) is 12.4. The fourth-order valence-electron chi connectivity index (χ4n) is 1.43. The zero-order valence-corrected chi connectivity index (χ0v) is 12.3. The lowest BCUT2D eigenvalue weighted by Gasteiger charge is -2.22. The molecule has 0 heterocycles. The zero-order valence-electron chi connectivity index (χ0n) is 11.4. The predicted octanol–water partition coefficient (Wildman–Crippen LogP) is 0.698. The maximum absolute atomic E-state index is 11.5. The fourth-order valence-corrected chi connectivity index (χ4v) is 1.79. The van der Waals surface area contributed by atoms with Crippen molar-refractivity contribution in [3.63, 3.8) is 0 Å². The van der Waals surface area contributed by atoms with E-state index >= 15 is 0 Å². The van der Waals surface area contributed by atoms with E-state index in [0.29, 0.717) is 18.7 Å². The van der Waals surface area contributed by atoms with Crippen molar-refractivity contribution in [1.29, 1.82) is 0 Å². The lowest BCUT2D eigenvalue weighted by Crippen LogP contribution is -2.41. The molecule has 19 heavy (non-hydrogen) atoms. The number of amides is 1. The van der Waals surface area contributed by atoms with Crippen LogP contribution in [-0.4, -0.2) is 31.9 Å². The van der Waals surface area contributed by atoms with Crippen LogP contribution in [0.1, 0.15) is 29.8 Å². The van der Waals surface area contributed by atoms with Gasteiger partial charge >= 0.3 is 0 Å². The Labute approximate surface area is 114 Å². The molecule has 0 aliphatic rings. The zero-order chi connectivity index (χ0) is 14.7. The van der Waals surface area contributed by atoms with Crippen LogP contribution < -0.4 is 11.1 Å². The summed E-state index contributed by atoms with van der Waals surface area (Å²) in [6.45, 7) is 4.28. The quantitative estimate of drug-likeness (QED) is 0.804. The van der Waals surface area contributed by atoms with Crippen LogP contribution in [0, 0.1) is 0 Å². The second-order valence-electron chi connectivity index (χ2n) is 5.20. The molecule has 0 aliphatic heterocycles. The van der Waals surface area contributed by atoms with Crippen LogP contribution in [0.3, 0.4) is 0 Å². The molecule has 0 aliphatic carbocycles. The summed E-state index contributed by atoms with van der Waals surface area (Å²) in [5.41, 5.74) is 6.57. The molecule has 0 atom stereocenters. The van der Waals surface area contributed by atoms with Crippen molar-refractivity contribution in [3.8, 4) is 0 Å². The van der Waals surface area contributed by atoms with Gasteiger partial charge < -0.3 is 11.1 Å². The Kier molecular flexibility index (Phi) is 4.70. The van der Waals surface area contributed by atoms with E-state index in [1.807, 2.05) is 0 Å². The highest BCUT2D eigenvalue weighted by molar-refractivity contribution is 7.92. The van der Waals surface area contributed by atoms with E-state index in [1.165, 1.54) is 6.26 Å². The van der Waals surface area contributed by atoms with Gasteiger partial charge in [0.1, 0.15) is 0 Å². The molecule has 0 aromatic heterocycles. The van der Waals surface area contributed by atoms with E-state index < -0.39 is 20.5 Å². The molecule has 1 aromatic carbocycles. The number of benzene rings is 1. The summed E-state index contributed by atoms with van der Waals surface area (Å²) in [5.74, 6) is -0.460. The summed E-state index contributed by atoms with van der Waals surface area (Å²) >= 11 is 0. The number of primary amides is 1. The van der Waals surface area contributed by atoms with Gasteiger partial charge in [0, 0.05) is 24.9 Å². The lowest BCUT2D eigenvalue weighted by molar-refractivity contribution is 0.100. The standard InChI is InChI=1S/C13H20N2O3S/c1-13(2,19(3,17)18)9-15-8-10-4-6-11(7-5-10)12(14)16/h4-7,15H,8-9H2,1-3H3,(H2,14,16). The monoisotopic (exact) mass is 284 g/mol. The lowest BCUT2D eigenvalue weighted by atomic mass is 10.1. The van der Waals surface area contributed by atoms with Crippen molar-refractivity contribution >= 4 is 15.7 Å². The summed E-state index contributed by atoms with van der Waals surface area (Å²) in [5, 5.41) is 3.10. The van der Waals surface area contributed by atoms with Crippen LogP contribution >= 0.6 is 0 Å². The largest absolute Gasteiger partial charge is 0.366 e. The van der Waals surface area contributed by atoms with Crippen LogP contribution in [0.2, 0.25) is 0 Å². The van der Waals surface area contributed by atoms with Crippen LogP contribution in [0.5, 0.6) is 0 Å². The molecule has 1 rings (SSSR count). The van der Waals surface area contributed by atoms with Gasteiger partial charge in [-0.1, -0.05) is 12.1 Å². The third-order valence-corrected chi connectivity index (χ3v) is 5.27. The Balaban J connectivity index is 2.57. The highest BCUT2D eigenvalue weighted by Crippen LogP contribution is 2.13. The Morgan fingerprint density at radius 2 is 1.79 bits per heavy atom. The first-order chi connectivity index (χ1) is 8.63. The van der Waals surface area contributed by atoms with Gasteiger partial charge in [-0.15, -0.1) is 0 Å². The first kappa shape index (κ1) is 15.7. The van der Waals surface area contributed by atoms with E-state index in [9.17, 15) is 13.2 Å². The van der Waals surface area contributed by atoms with Crippen LogP contribution in [-0.2, 0) is 16.4 Å². The van der Waals surface area contributed by atoms with E-state index in [0.717, 1.165) is 5.56 Å². The SMILES string of the molecule is CC(C)(CNCc1ccc(C(N)=O)cc1)S(C)(=O)=O. The number of nitrogens with one attached hydrogen (secondary N) is 1. The molecule has 106 valence electrons. The van der Waals surface area contributed by atoms with Crippen molar-refractivity contribution in [2.75, 3.05) is 12.8 Å². The van der Waals surface area contributed by atoms with Gasteiger partial charge in [0.25, 0.3) is 0 Å². The minimum Gasteiger partial charge on any atom is -0.366 e. The maximum atomic E-state index is 11.5. The number of hydrogen-bond donors (Lipinski definition) is 2. The Bertz CT molecular complexity index is 548. The molecule has 3 N–H and O–H groups in total. The molecule has 0 radical (unpaired) electrons. The van der Waals surface area contributed by atoms with Gasteiger partial charge in [-0.2, -0.15) is 0 Å². The van der Waals surface area contributed by atoms with Gasteiger partial charge in [-0.05, 0) is 31.5 Å². The Hall–Kier alpha value is -1.40. The first-order valence-electron chi connectivity index (χ1n) is 5.92. The summed E-state index contributed by atoms with van der Waals surface area (Å²) in [4.78, 5) is 10.9. The van der Waals surface area contributed by atoms with E-state index in [1.54, 1.807) is 38.1 Å². The fraction of sp³-hybridized carbons (Fsp3) is 0.462. The Morgan fingerprint density at radius 3 is 2.21 bits per heavy atom. The van der Waals surface area contributed by atoms with Gasteiger partial charge in [-0.25, -0.2) is 8.42 Å². The van der Waals surface area contributed by atoms with Crippen LogP contribution in [0.25, 0.3) is 0 Å². The number of nitrogens with two attached hydrogens (primary N) is 1. The van der Waals surface area contributed by atoms with Crippen molar-refractivity contribution < 1.29 is 13.2 Å². The summed E-state index contributed by atoms with van der Waals surface area (Å²) in [7, 11) is -3.10. The number of carbonyl (C=O) groups excluding carboxylic acids is 1. The first-order valence-corrected chi connectivity index (χ1v) is 7.82.